The molecule has 0 aliphatic heterocycles. The molecule has 0 saturated heterocycles. The first kappa shape index (κ1) is 18.6. The first-order chi connectivity index (χ1) is 12.9. The van der Waals surface area contributed by atoms with Crippen LogP contribution >= 0.6 is 0 Å². The van der Waals surface area contributed by atoms with Gasteiger partial charge in [0, 0.05) is 13.0 Å². The average Bonchev–Trinajstić information content (AvgIpc) is 2.95. The summed E-state index contributed by atoms with van der Waals surface area (Å²) < 4.78 is 35.2. The Kier molecular flexibility index (Phi) is 5.54. The van der Waals surface area contributed by atoms with Crippen LogP contribution in [-0.4, -0.2) is 17.1 Å². The molecule has 1 unspecified atom stereocenters. The molecule has 1 N–H and O–H groups in total. The Morgan fingerprint density at radius 1 is 1.19 bits per heavy atom. The van der Waals surface area contributed by atoms with Crippen LogP contribution in [0.3, 0.4) is 0 Å². The number of nitrogens with zero attached hydrogens (tertiary/aromatic N) is 1. The van der Waals surface area contributed by atoms with Crippen molar-refractivity contribution in [3.8, 4) is 5.75 Å². The van der Waals surface area contributed by atoms with E-state index < -0.39 is 12.4 Å². The number of carbonyl (C=O) groups excluding carboxylic acids is 1. The van der Waals surface area contributed by atoms with Crippen LogP contribution in [0, 0.1) is 0 Å². The van der Waals surface area contributed by atoms with Gasteiger partial charge in [0.1, 0.15) is 5.75 Å². The van der Waals surface area contributed by atoms with Crippen LogP contribution in [0.2, 0.25) is 0 Å². The van der Waals surface area contributed by atoms with Crippen LogP contribution in [0.5, 0.6) is 5.75 Å². The predicted molar refractivity (Wildman–Crippen MR) is 94.7 cm³/mol. The molecule has 0 aliphatic carbocycles. The third kappa shape index (κ3) is 4.52. The number of carbonyl (C=O) groups is 1. The summed E-state index contributed by atoms with van der Waals surface area (Å²) in [7, 11) is 0. The van der Waals surface area contributed by atoms with Gasteiger partial charge in [0.25, 0.3) is 0 Å². The van der Waals surface area contributed by atoms with Crippen LogP contribution in [0.15, 0.2) is 57.7 Å². The molecule has 1 aromatic heterocycles. The van der Waals surface area contributed by atoms with Crippen molar-refractivity contribution in [2.75, 3.05) is 0 Å². The zero-order chi connectivity index (χ0) is 19.4. The Balaban J connectivity index is 1.58. The number of oxazole rings is 1. The molecule has 1 amide bonds. The van der Waals surface area contributed by atoms with Crippen molar-refractivity contribution < 1.29 is 22.7 Å². The Labute approximate surface area is 153 Å². The minimum atomic E-state index is -2.88. The molecular formula is C19H18F2N2O4. The van der Waals surface area contributed by atoms with E-state index in [0.29, 0.717) is 11.1 Å². The molecule has 27 heavy (non-hydrogen) atoms. The Hall–Kier alpha value is -3.16. The molecule has 142 valence electrons. The topological polar surface area (TPSA) is 73.5 Å². The van der Waals surface area contributed by atoms with Crippen molar-refractivity contribution in [1.29, 1.82) is 0 Å². The van der Waals surface area contributed by atoms with Crippen molar-refractivity contribution in [1.82, 2.24) is 9.88 Å². The number of halogens is 2. The summed E-state index contributed by atoms with van der Waals surface area (Å²) in [5.41, 5.74) is 1.86. The van der Waals surface area contributed by atoms with Crippen molar-refractivity contribution in [3.05, 3.63) is 64.6 Å². The van der Waals surface area contributed by atoms with Crippen LogP contribution < -0.4 is 15.8 Å². The summed E-state index contributed by atoms with van der Waals surface area (Å²) in [5, 5.41) is 2.81. The maximum Gasteiger partial charge on any atom is 0.419 e. The van der Waals surface area contributed by atoms with Gasteiger partial charge in [-0.05, 0) is 36.8 Å². The van der Waals surface area contributed by atoms with Crippen molar-refractivity contribution in [3.63, 3.8) is 0 Å². The molecule has 0 bridgehead atoms. The molecule has 0 fully saturated rings. The number of benzene rings is 2. The lowest BCUT2D eigenvalue weighted by Crippen LogP contribution is -2.28. The lowest BCUT2D eigenvalue weighted by atomic mass is 10.1. The Morgan fingerprint density at radius 3 is 2.59 bits per heavy atom. The SMILES string of the molecule is CC(NC(=O)CCn1c(=O)oc2ccccc21)c1ccc(OC(F)F)cc1. The fourth-order valence-electron chi connectivity index (χ4n) is 2.77. The summed E-state index contributed by atoms with van der Waals surface area (Å²) in [5.74, 6) is -0.697. The fraction of sp³-hybridized carbons (Fsp3) is 0.263. The summed E-state index contributed by atoms with van der Waals surface area (Å²) in [4.78, 5) is 24.1. The number of fused-ring (bicyclic) bond motifs is 1. The smallest absolute Gasteiger partial charge is 0.419 e. The van der Waals surface area contributed by atoms with E-state index in [0.717, 1.165) is 5.56 Å². The van der Waals surface area contributed by atoms with Gasteiger partial charge in [0.15, 0.2) is 5.58 Å². The Bertz CT molecular complexity index is 979. The summed E-state index contributed by atoms with van der Waals surface area (Å²) in [6, 6.07) is 12.7. The molecule has 2 aromatic carbocycles. The number of amides is 1. The van der Waals surface area contributed by atoms with Gasteiger partial charge in [-0.2, -0.15) is 8.78 Å². The van der Waals surface area contributed by atoms with E-state index in [1.165, 1.54) is 16.7 Å². The lowest BCUT2D eigenvalue weighted by molar-refractivity contribution is -0.121. The molecule has 8 heteroatoms. The van der Waals surface area contributed by atoms with Crippen LogP contribution in [0.4, 0.5) is 8.78 Å². The monoisotopic (exact) mass is 376 g/mol. The number of nitrogens with one attached hydrogen (secondary N) is 1. The van der Waals surface area contributed by atoms with E-state index in [9.17, 15) is 18.4 Å². The number of aryl methyl sites for hydroxylation is 1. The lowest BCUT2D eigenvalue weighted by Gasteiger charge is -2.15. The molecular weight excluding hydrogens is 358 g/mol. The number of hydrogen-bond acceptors (Lipinski definition) is 4. The van der Waals surface area contributed by atoms with E-state index in [4.69, 9.17) is 4.42 Å². The third-order valence-corrected chi connectivity index (χ3v) is 4.12. The quantitative estimate of drug-likeness (QED) is 0.685. The number of para-hydroxylation sites is 2. The van der Waals surface area contributed by atoms with Gasteiger partial charge >= 0.3 is 12.4 Å². The van der Waals surface area contributed by atoms with Gasteiger partial charge in [-0.1, -0.05) is 24.3 Å². The molecule has 6 nitrogen and oxygen atoms in total. The van der Waals surface area contributed by atoms with Gasteiger partial charge in [-0.3, -0.25) is 9.36 Å². The van der Waals surface area contributed by atoms with E-state index in [-0.39, 0.29) is 30.7 Å². The van der Waals surface area contributed by atoms with E-state index in [1.807, 2.05) is 0 Å². The van der Waals surface area contributed by atoms with Gasteiger partial charge < -0.3 is 14.5 Å². The summed E-state index contributed by atoms with van der Waals surface area (Å²) in [6.07, 6.45) is 0.0976. The number of rotatable bonds is 7. The normalized spacial score (nSPS) is 12.3. The molecule has 0 aliphatic rings. The minimum absolute atomic E-state index is 0.0542. The van der Waals surface area contributed by atoms with Gasteiger partial charge in [0.05, 0.1) is 11.6 Å². The molecule has 0 spiro atoms. The molecule has 3 aromatic rings. The van der Waals surface area contributed by atoms with Crippen LogP contribution in [0.1, 0.15) is 24.9 Å². The largest absolute Gasteiger partial charge is 0.435 e. The van der Waals surface area contributed by atoms with Crippen molar-refractivity contribution >= 4 is 17.0 Å². The van der Waals surface area contributed by atoms with Crippen LogP contribution in [-0.2, 0) is 11.3 Å². The predicted octanol–water partition coefficient (Wildman–Crippen LogP) is 3.46. The number of ether oxygens (including phenoxy) is 1. The molecule has 0 radical (unpaired) electrons. The first-order valence-electron chi connectivity index (χ1n) is 8.36. The highest BCUT2D eigenvalue weighted by atomic mass is 19.3. The van der Waals surface area contributed by atoms with Gasteiger partial charge in [-0.25, -0.2) is 4.79 Å². The van der Waals surface area contributed by atoms with Gasteiger partial charge in [-0.15, -0.1) is 0 Å². The van der Waals surface area contributed by atoms with E-state index in [1.54, 1.807) is 43.3 Å². The molecule has 1 heterocycles. The van der Waals surface area contributed by atoms with E-state index in [2.05, 4.69) is 10.1 Å². The second-order valence-electron chi connectivity index (χ2n) is 5.97. The average molecular weight is 376 g/mol. The highest BCUT2D eigenvalue weighted by molar-refractivity contribution is 5.77. The second-order valence-corrected chi connectivity index (χ2v) is 5.97. The maximum absolute atomic E-state index is 12.2. The van der Waals surface area contributed by atoms with Crippen molar-refractivity contribution in [2.45, 2.75) is 32.5 Å². The fourth-order valence-corrected chi connectivity index (χ4v) is 2.77. The third-order valence-electron chi connectivity index (χ3n) is 4.12. The second kappa shape index (κ2) is 8.03. The zero-order valence-electron chi connectivity index (χ0n) is 14.5. The Morgan fingerprint density at radius 2 is 1.89 bits per heavy atom. The number of aromatic nitrogens is 1. The first-order valence-corrected chi connectivity index (χ1v) is 8.36. The summed E-state index contributed by atoms with van der Waals surface area (Å²) in [6.45, 7) is -0.911. The molecule has 1 atom stereocenters. The number of alkyl halides is 2. The number of hydrogen-bond donors (Lipinski definition) is 1. The molecule has 3 rings (SSSR count). The highest BCUT2D eigenvalue weighted by Crippen LogP contribution is 2.19. The van der Waals surface area contributed by atoms with Crippen molar-refractivity contribution in [2.24, 2.45) is 0 Å². The minimum Gasteiger partial charge on any atom is -0.435 e. The maximum atomic E-state index is 12.2. The van der Waals surface area contributed by atoms with E-state index >= 15 is 0 Å². The molecule has 0 saturated carbocycles. The van der Waals surface area contributed by atoms with Crippen LogP contribution in [0.25, 0.3) is 11.1 Å². The van der Waals surface area contributed by atoms with Gasteiger partial charge in [0.2, 0.25) is 5.91 Å². The standard InChI is InChI=1S/C19H18F2N2O4/c1-12(13-6-8-14(9-7-13)26-18(20)21)22-17(24)10-11-23-15-4-2-3-5-16(15)27-19(23)25/h2-9,12,18H,10-11H2,1H3,(H,22,24). The summed E-state index contributed by atoms with van der Waals surface area (Å²) >= 11 is 0. The highest BCUT2D eigenvalue weighted by Gasteiger charge is 2.13. The zero-order valence-corrected chi connectivity index (χ0v) is 14.5.